The number of rotatable bonds is 1. The summed E-state index contributed by atoms with van der Waals surface area (Å²) >= 11 is 0. The lowest BCUT2D eigenvalue weighted by Gasteiger charge is -2.25. The lowest BCUT2D eigenvalue weighted by atomic mass is 9.93. The van der Waals surface area contributed by atoms with Crippen LogP contribution in [-0.2, 0) is 14.3 Å². The molecule has 0 radical (unpaired) electrons. The van der Waals surface area contributed by atoms with E-state index in [4.69, 9.17) is 14.6 Å². The molecule has 2 aliphatic rings. The molecule has 1 amide bonds. The summed E-state index contributed by atoms with van der Waals surface area (Å²) in [6.07, 6.45) is -0.566. The lowest BCUT2D eigenvalue weighted by molar-refractivity contribution is -0.142. The first kappa shape index (κ1) is 13.1. The van der Waals surface area contributed by atoms with Gasteiger partial charge in [-0.05, 0) is 20.8 Å². The topological polar surface area (TPSA) is 76.1 Å². The van der Waals surface area contributed by atoms with Gasteiger partial charge >= 0.3 is 12.1 Å². The summed E-state index contributed by atoms with van der Waals surface area (Å²) in [5.41, 5.74) is -0.540. The van der Waals surface area contributed by atoms with Crippen LogP contribution in [0.4, 0.5) is 4.79 Å². The average molecular weight is 257 g/mol. The first-order chi connectivity index (χ1) is 8.28. The van der Waals surface area contributed by atoms with Crippen molar-refractivity contribution < 1.29 is 24.2 Å². The van der Waals surface area contributed by atoms with Crippen LogP contribution in [0.2, 0.25) is 0 Å². The predicted molar refractivity (Wildman–Crippen MR) is 62.2 cm³/mol. The van der Waals surface area contributed by atoms with Gasteiger partial charge in [-0.2, -0.15) is 0 Å². The highest BCUT2D eigenvalue weighted by Gasteiger charge is 2.48. The summed E-state index contributed by atoms with van der Waals surface area (Å²) in [5.74, 6) is -1.48. The minimum Gasteiger partial charge on any atom is -0.481 e. The Morgan fingerprint density at radius 1 is 1.33 bits per heavy atom. The Labute approximate surface area is 106 Å². The van der Waals surface area contributed by atoms with Gasteiger partial charge in [-0.15, -0.1) is 0 Å². The van der Waals surface area contributed by atoms with Gasteiger partial charge in [0, 0.05) is 12.5 Å². The fraction of sp³-hybridized carbons (Fsp3) is 0.833. The number of fused-ring (bicyclic) bond motifs is 1. The third kappa shape index (κ3) is 2.58. The summed E-state index contributed by atoms with van der Waals surface area (Å²) in [5, 5.41) is 9.06. The molecule has 6 heteroatoms. The van der Waals surface area contributed by atoms with E-state index in [9.17, 15) is 9.59 Å². The van der Waals surface area contributed by atoms with Crippen LogP contribution in [0.25, 0.3) is 0 Å². The third-order valence-corrected chi connectivity index (χ3v) is 3.28. The van der Waals surface area contributed by atoms with Gasteiger partial charge < -0.3 is 19.5 Å². The van der Waals surface area contributed by atoms with Gasteiger partial charge in [0.25, 0.3) is 0 Å². The maximum Gasteiger partial charge on any atom is 0.410 e. The maximum atomic E-state index is 11.9. The maximum absolute atomic E-state index is 11.9. The average Bonchev–Trinajstić information content (AvgIpc) is 2.70. The number of carboxylic acid groups (broad SMARTS) is 1. The van der Waals surface area contributed by atoms with Crippen molar-refractivity contribution in [3.05, 3.63) is 0 Å². The van der Waals surface area contributed by atoms with Crippen molar-refractivity contribution >= 4 is 12.1 Å². The number of hydrogen-bond donors (Lipinski definition) is 1. The van der Waals surface area contributed by atoms with E-state index >= 15 is 0 Å². The number of aliphatic carboxylic acids is 1. The van der Waals surface area contributed by atoms with Crippen molar-refractivity contribution in [1.82, 2.24) is 4.90 Å². The van der Waals surface area contributed by atoms with E-state index in [1.165, 1.54) is 4.90 Å². The second-order valence-electron chi connectivity index (χ2n) is 5.87. The van der Waals surface area contributed by atoms with Crippen LogP contribution < -0.4 is 0 Å². The Kier molecular flexibility index (Phi) is 3.23. The normalized spacial score (nSPS) is 31.3. The fourth-order valence-electron chi connectivity index (χ4n) is 2.44. The Morgan fingerprint density at radius 3 is 2.56 bits per heavy atom. The second kappa shape index (κ2) is 4.42. The monoisotopic (exact) mass is 257 g/mol. The SMILES string of the molecule is CC(C)(C)OC(=O)N1C[C@@H]2[C@@H](C(=O)O)CO[C@@H]2C1. The largest absolute Gasteiger partial charge is 0.481 e. The minimum absolute atomic E-state index is 0.116. The van der Waals surface area contributed by atoms with Crippen LogP contribution in [0.15, 0.2) is 0 Å². The summed E-state index contributed by atoms with van der Waals surface area (Å²) in [6, 6.07) is 0. The molecule has 6 nitrogen and oxygen atoms in total. The zero-order valence-electron chi connectivity index (χ0n) is 10.9. The number of carbonyl (C=O) groups is 2. The van der Waals surface area contributed by atoms with E-state index < -0.39 is 23.6 Å². The molecule has 0 aromatic carbocycles. The summed E-state index contributed by atoms with van der Waals surface area (Å²) in [6.45, 7) is 6.47. The Morgan fingerprint density at radius 2 is 2.00 bits per heavy atom. The lowest BCUT2D eigenvalue weighted by Crippen LogP contribution is -2.37. The van der Waals surface area contributed by atoms with Gasteiger partial charge in [-0.25, -0.2) is 4.79 Å². The molecule has 0 aromatic rings. The molecule has 2 heterocycles. The minimum atomic E-state index is -0.853. The van der Waals surface area contributed by atoms with Gasteiger partial charge in [0.15, 0.2) is 0 Å². The van der Waals surface area contributed by atoms with Gasteiger partial charge in [0.1, 0.15) is 5.60 Å². The molecule has 102 valence electrons. The molecule has 0 unspecified atom stereocenters. The Bertz CT molecular complexity index is 362. The van der Waals surface area contributed by atoms with E-state index in [0.29, 0.717) is 13.1 Å². The summed E-state index contributed by atoms with van der Waals surface area (Å²) < 4.78 is 10.7. The van der Waals surface area contributed by atoms with Crippen LogP contribution in [0.1, 0.15) is 20.8 Å². The number of likely N-dealkylation sites (tertiary alicyclic amines) is 1. The first-order valence-corrected chi connectivity index (χ1v) is 6.10. The van der Waals surface area contributed by atoms with Crippen molar-refractivity contribution in [3.8, 4) is 0 Å². The first-order valence-electron chi connectivity index (χ1n) is 6.10. The summed E-state index contributed by atoms with van der Waals surface area (Å²) in [7, 11) is 0. The predicted octanol–water partition coefficient (Wildman–Crippen LogP) is 0.953. The van der Waals surface area contributed by atoms with E-state index in [1.54, 1.807) is 20.8 Å². The van der Waals surface area contributed by atoms with Gasteiger partial charge in [-0.3, -0.25) is 4.79 Å². The number of carboxylic acids is 1. The molecule has 0 aliphatic carbocycles. The molecule has 0 bridgehead atoms. The van der Waals surface area contributed by atoms with E-state index in [0.717, 1.165) is 0 Å². The number of hydrogen-bond acceptors (Lipinski definition) is 4. The van der Waals surface area contributed by atoms with Crippen molar-refractivity contribution in [2.75, 3.05) is 19.7 Å². The highest BCUT2D eigenvalue weighted by Crippen LogP contribution is 2.34. The van der Waals surface area contributed by atoms with E-state index in [2.05, 4.69) is 0 Å². The zero-order valence-corrected chi connectivity index (χ0v) is 10.9. The Hall–Kier alpha value is -1.30. The number of carbonyl (C=O) groups excluding carboxylic acids is 1. The third-order valence-electron chi connectivity index (χ3n) is 3.28. The van der Waals surface area contributed by atoms with Crippen LogP contribution in [0.3, 0.4) is 0 Å². The smallest absolute Gasteiger partial charge is 0.410 e. The second-order valence-corrected chi connectivity index (χ2v) is 5.87. The molecule has 0 aromatic heterocycles. The molecular weight excluding hydrogens is 238 g/mol. The van der Waals surface area contributed by atoms with Gasteiger partial charge in [-0.1, -0.05) is 0 Å². The molecule has 18 heavy (non-hydrogen) atoms. The Balaban J connectivity index is 1.97. The molecule has 2 fully saturated rings. The van der Waals surface area contributed by atoms with Crippen LogP contribution >= 0.6 is 0 Å². The van der Waals surface area contributed by atoms with Crippen molar-refractivity contribution in [2.24, 2.45) is 11.8 Å². The van der Waals surface area contributed by atoms with Crippen LogP contribution in [-0.4, -0.2) is 53.5 Å². The fourth-order valence-corrected chi connectivity index (χ4v) is 2.44. The highest BCUT2D eigenvalue weighted by atomic mass is 16.6. The molecular formula is C12H19NO5. The van der Waals surface area contributed by atoms with Crippen molar-refractivity contribution in [3.63, 3.8) is 0 Å². The van der Waals surface area contributed by atoms with Gasteiger partial charge in [0.2, 0.25) is 0 Å². The van der Waals surface area contributed by atoms with Crippen molar-refractivity contribution in [2.45, 2.75) is 32.5 Å². The number of ether oxygens (including phenoxy) is 2. The van der Waals surface area contributed by atoms with Crippen molar-refractivity contribution in [1.29, 1.82) is 0 Å². The number of amides is 1. The molecule has 0 spiro atoms. The van der Waals surface area contributed by atoms with E-state index in [-0.39, 0.29) is 18.6 Å². The molecule has 2 rings (SSSR count). The molecule has 3 atom stereocenters. The van der Waals surface area contributed by atoms with Gasteiger partial charge in [0.05, 0.1) is 25.2 Å². The standard InChI is InChI=1S/C12H19NO5/c1-12(2,3)18-11(16)13-4-7-8(10(14)15)6-17-9(7)5-13/h7-9H,4-6H2,1-3H3,(H,14,15)/t7-,8+,9-/m1/s1. The van der Waals surface area contributed by atoms with Crippen LogP contribution in [0, 0.1) is 11.8 Å². The van der Waals surface area contributed by atoms with Crippen LogP contribution in [0.5, 0.6) is 0 Å². The molecule has 2 saturated heterocycles. The molecule has 2 aliphatic heterocycles. The molecule has 0 saturated carbocycles. The summed E-state index contributed by atoms with van der Waals surface area (Å²) in [4.78, 5) is 24.4. The highest BCUT2D eigenvalue weighted by molar-refractivity contribution is 5.72. The number of nitrogens with zero attached hydrogens (tertiary/aromatic N) is 1. The van der Waals surface area contributed by atoms with E-state index in [1.807, 2.05) is 0 Å². The zero-order chi connectivity index (χ0) is 13.5. The quantitative estimate of drug-likeness (QED) is 0.757. The molecule has 1 N–H and O–H groups in total.